The highest BCUT2D eigenvalue weighted by atomic mass is 79.9. The summed E-state index contributed by atoms with van der Waals surface area (Å²) in [5.41, 5.74) is 0.603. The fourth-order valence-electron chi connectivity index (χ4n) is 3.03. The Morgan fingerprint density at radius 1 is 1.45 bits per heavy atom. The van der Waals surface area contributed by atoms with Crippen LogP contribution in [0.2, 0.25) is 0 Å². The van der Waals surface area contributed by atoms with Crippen molar-refractivity contribution in [1.29, 1.82) is 0 Å². The van der Waals surface area contributed by atoms with Crippen LogP contribution in [0.1, 0.15) is 29.8 Å². The van der Waals surface area contributed by atoms with Crippen LogP contribution in [0.5, 0.6) is 5.75 Å². The first-order valence-electron chi connectivity index (χ1n) is 6.79. The minimum atomic E-state index is -0.163. The summed E-state index contributed by atoms with van der Waals surface area (Å²) >= 11 is 3.47. The first-order valence-corrected chi connectivity index (χ1v) is 7.58. The molecular weight excluding hydrogens is 322 g/mol. The lowest BCUT2D eigenvalue weighted by Crippen LogP contribution is -2.18. The van der Waals surface area contributed by atoms with E-state index in [2.05, 4.69) is 32.3 Å². The third-order valence-electron chi connectivity index (χ3n) is 4.08. The van der Waals surface area contributed by atoms with E-state index in [1.807, 2.05) is 12.2 Å². The molecule has 4 rings (SSSR count). The van der Waals surface area contributed by atoms with Crippen molar-refractivity contribution in [1.82, 2.24) is 15.3 Å². The van der Waals surface area contributed by atoms with Crippen LogP contribution in [0.3, 0.4) is 0 Å². The summed E-state index contributed by atoms with van der Waals surface area (Å²) in [4.78, 5) is 19.8. The van der Waals surface area contributed by atoms with E-state index in [1.54, 1.807) is 0 Å². The highest BCUT2D eigenvalue weighted by Crippen LogP contribution is 2.40. The quantitative estimate of drug-likeness (QED) is 0.816. The fraction of sp³-hybridized carbons (Fsp3) is 0.429. The van der Waals surface area contributed by atoms with Crippen LogP contribution in [-0.2, 0) is 0 Å². The summed E-state index contributed by atoms with van der Waals surface area (Å²) < 4.78 is 6.73. The summed E-state index contributed by atoms with van der Waals surface area (Å²) in [5, 5.41) is 3.30. The first kappa shape index (κ1) is 12.3. The second-order valence-corrected chi connectivity index (χ2v) is 6.29. The van der Waals surface area contributed by atoms with Crippen LogP contribution < -0.4 is 15.6 Å². The molecule has 0 aromatic carbocycles. The Balaban J connectivity index is 1.80. The van der Waals surface area contributed by atoms with Gasteiger partial charge in [-0.25, -0.2) is 4.98 Å². The topological polar surface area (TPSA) is 67.0 Å². The highest BCUT2D eigenvalue weighted by molar-refractivity contribution is 9.11. The van der Waals surface area contributed by atoms with Crippen molar-refractivity contribution < 1.29 is 4.74 Å². The highest BCUT2D eigenvalue weighted by Gasteiger charge is 2.37. The molecule has 20 heavy (non-hydrogen) atoms. The van der Waals surface area contributed by atoms with Crippen molar-refractivity contribution in [2.24, 2.45) is 0 Å². The number of H-pyrrole nitrogens is 1. The predicted molar refractivity (Wildman–Crippen MR) is 78.4 cm³/mol. The van der Waals surface area contributed by atoms with Crippen LogP contribution in [0, 0.1) is 0 Å². The second-order valence-electron chi connectivity index (χ2n) is 5.37. The maximum atomic E-state index is 12.2. The summed E-state index contributed by atoms with van der Waals surface area (Å²) in [7, 11) is 0. The van der Waals surface area contributed by atoms with Gasteiger partial charge in [0.25, 0.3) is 5.56 Å². The minimum Gasteiger partial charge on any atom is -0.478 e. The molecule has 6 heteroatoms. The van der Waals surface area contributed by atoms with Gasteiger partial charge in [-0.2, -0.15) is 0 Å². The smallest absolute Gasteiger partial charge is 0.293 e. The average molecular weight is 336 g/mol. The number of halogens is 1. The van der Waals surface area contributed by atoms with Crippen LogP contribution >= 0.6 is 15.9 Å². The molecule has 5 nitrogen and oxygen atoms in total. The van der Waals surface area contributed by atoms with Crippen LogP contribution in [0.25, 0.3) is 0 Å². The predicted octanol–water partition coefficient (Wildman–Crippen LogP) is 1.54. The number of hydrogen-bond donors (Lipinski definition) is 2. The molecule has 3 atom stereocenters. The van der Waals surface area contributed by atoms with Gasteiger partial charge in [0.05, 0.1) is 5.92 Å². The molecule has 3 heterocycles. The molecule has 0 spiro atoms. The second kappa shape index (κ2) is 4.56. The molecule has 0 amide bonds. The maximum Gasteiger partial charge on any atom is 0.293 e. The summed E-state index contributed by atoms with van der Waals surface area (Å²) in [5.74, 6) is 1.47. The van der Waals surface area contributed by atoms with Gasteiger partial charge in [0.1, 0.15) is 17.6 Å². The Labute approximate surface area is 124 Å². The Bertz CT molecular complexity index is 673. The van der Waals surface area contributed by atoms with Crippen LogP contribution in [0.4, 0.5) is 0 Å². The normalized spacial score (nSPS) is 30.6. The fourth-order valence-corrected chi connectivity index (χ4v) is 3.47. The molecule has 1 aromatic heterocycles. The van der Waals surface area contributed by atoms with E-state index in [9.17, 15) is 4.79 Å². The Kier molecular flexibility index (Phi) is 2.82. The molecule has 0 radical (unpaired) electrons. The van der Waals surface area contributed by atoms with E-state index < -0.39 is 0 Å². The molecule has 1 fully saturated rings. The zero-order valence-corrected chi connectivity index (χ0v) is 12.3. The van der Waals surface area contributed by atoms with E-state index in [4.69, 9.17) is 9.72 Å². The Morgan fingerprint density at radius 2 is 2.35 bits per heavy atom. The number of allylic oxidation sites excluding steroid dienone is 2. The number of rotatable bonds is 1. The van der Waals surface area contributed by atoms with Gasteiger partial charge < -0.3 is 15.0 Å². The molecular formula is C14H14BrN3O2. The van der Waals surface area contributed by atoms with Gasteiger partial charge >= 0.3 is 0 Å². The van der Waals surface area contributed by atoms with Crippen molar-refractivity contribution in [3.05, 3.63) is 44.6 Å². The minimum absolute atomic E-state index is 0.0276. The van der Waals surface area contributed by atoms with Gasteiger partial charge in [0, 0.05) is 16.9 Å². The van der Waals surface area contributed by atoms with Gasteiger partial charge in [0.15, 0.2) is 0 Å². The molecule has 104 valence electrons. The van der Waals surface area contributed by atoms with Gasteiger partial charge in [-0.3, -0.25) is 4.79 Å². The summed E-state index contributed by atoms with van der Waals surface area (Å²) in [6.07, 6.45) is 6.86. The van der Waals surface area contributed by atoms with Gasteiger partial charge in [-0.15, -0.1) is 0 Å². The number of ether oxygens (including phenoxy) is 1. The standard InChI is InChI=1S/C14H14BrN3O2/c15-8-1-2-10-9(5-8)11-12(20-10)14(19)18-13(17-11)7-3-4-16-6-7/h1-2,5,7,9-10,16H,3-4,6H2,(H,17,18,19). The average Bonchev–Trinajstić information content (AvgIpc) is 3.06. The summed E-state index contributed by atoms with van der Waals surface area (Å²) in [6.45, 7) is 1.85. The van der Waals surface area contributed by atoms with E-state index in [0.29, 0.717) is 11.7 Å². The van der Waals surface area contributed by atoms with E-state index in [0.717, 1.165) is 35.5 Å². The lowest BCUT2D eigenvalue weighted by atomic mass is 9.96. The zero-order chi connectivity index (χ0) is 13.7. The third-order valence-corrected chi connectivity index (χ3v) is 4.60. The number of nitrogens with one attached hydrogen (secondary N) is 2. The van der Waals surface area contributed by atoms with E-state index in [-0.39, 0.29) is 17.6 Å². The maximum absolute atomic E-state index is 12.2. The largest absolute Gasteiger partial charge is 0.478 e. The van der Waals surface area contributed by atoms with Crippen molar-refractivity contribution in [3.8, 4) is 5.75 Å². The van der Waals surface area contributed by atoms with Crippen LogP contribution in [-0.4, -0.2) is 29.2 Å². The third kappa shape index (κ3) is 1.86. The monoisotopic (exact) mass is 335 g/mol. The van der Waals surface area contributed by atoms with Crippen molar-refractivity contribution >= 4 is 15.9 Å². The zero-order valence-electron chi connectivity index (χ0n) is 10.7. The number of nitrogens with zero attached hydrogens (tertiary/aromatic N) is 1. The molecule has 1 saturated heterocycles. The Morgan fingerprint density at radius 3 is 3.15 bits per heavy atom. The van der Waals surface area contributed by atoms with Crippen molar-refractivity contribution in [2.45, 2.75) is 24.4 Å². The number of fused-ring (bicyclic) bond motifs is 3. The number of hydrogen-bond acceptors (Lipinski definition) is 4. The molecule has 2 N–H and O–H groups in total. The SMILES string of the molecule is O=c1[nH]c(C2CCNC2)nc2c1OC1C=CC(Br)=CC21. The molecule has 0 saturated carbocycles. The van der Waals surface area contributed by atoms with Gasteiger partial charge in [-0.05, 0) is 25.1 Å². The van der Waals surface area contributed by atoms with Gasteiger partial charge in [0.2, 0.25) is 5.75 Å². The van der Waals surface area contributed by atoms with Crippen molar-refractivity contribution in [3.63, 3.8) is 0 Å². The molecule has 3 unspecified atom stereocenters. The summed E-state index contributed by atoms with van der Waals surface area (Å²) in [6, 6.07) is 0. The molecule has 0 bridgehead atoms. The Hall–Kier alpha value is -1.40. The van der Waals surface area contributed by atoms with E-state index >= 15 is 0 Å². The lowest BCUT2D eigenvalue weighted by molar-refractivity contribution is 0.266. The first-order chi connectivity index (χ1) is 9.72. The molecule has 1 aromatic rings. The van der Waals surface area contributed by atoms with Gasteiger partial charge in [-0.1, -0.05) is 22.0 Å². The number of aromatic nitrogens is 2. The number of aromatic amines is 1. The lowest BCUT2D eigenvalue weighted by Gasteiger charge is -2.15. The molecule has 1 aliphatic carbocycles. The van der Waals surface area contributed by atoms with Crippen LogP contribution in [0.15, 0.2) is 27.5 Å². The molecule has 2 aliphatic heterocycles. The van der Waals surface area contributed by atoms with Crippen molar-refractivity contribution in [2.75, 3.05) is 13.1 Å². The van der Waals surface area contributed by atoms with E-state index in [1.165, 1.54) is 0 Å². The molecule has 3 aliphatic rings.